The van der Waals surface area contributed by atoms with Crippen LogP contribution in [0.1, 0.15) is 33.1 Å². The molecule has 0 spiro atoms. The van der Waals surface area contributed by atoms with E-state index < -0.39 is 0 Å². The molecule has 0 aromatic carbocycles. The maximum absolute atomic E-state index is 5.50. The van der Waals surface area contributed by atoms with Gasteiger partial charge in [-0.05, 0) is 36.7 Å². The Balaban J connectivity index is 1.90. The Morgan fingerprint density at radius 1 is 1.29 bits per heavy atom. The van der Waals surface area contributed by atoms with Crippen molar-refractivity contribution in [3.8, 4) is 0 Å². The van der Waals surface area contributed by atoms with Crippen molar-refractivity contribution in [1.82, 2.24) is 0 Å². The molecule has 1 saturated heterocycles. The average molecular weight is 196 g/mol. The van der Waals surface area contributed by atoms with E-state index in [0.717, 1.165) is 31.5 Å². The highest BCUT2D eigenvalue weighted by Crippen LogP contribution is 2.32. The predicted octanol–water partition coefficient (Wildman–Crippen LogP) is 2.74. The zero-order valence-corrected chi connectivity index (χ0v) is 9.16. The van der Waals surface area contributed by atoms with Gasteiger partial charge in [0, 0.05) is 0 Å². The van der Waals surface area contributed by atoms with Crippen LogP contribution in [0.3, 0.4) is 0 Å². The van der Waals surface area contributed by atoms with Crippen LogP contribution in [0, 0.1) is 11.8 Å². The fourth-order valence-electron chi connectivity index (χ4n) is 2.27. The highest BCUT2D eigenvalue weighted by Gasteiger charge is 2.25. The molecule has 2 aliphatic rings. The van der Waals surface area contributed by atoms with Crippen molar-refractivity contribution in [2.45, 2.75) is 39.4 Å². The van der Waals surface area contributed by atoms with E-state index in [-0.39, 0.29) is 6.29 Å². The topological polar surface area (TPSA) is 18.5 Å². The molecule has 80 valence electrons. The standard InChI is InChI=1S/C12H20O2/c1-9(2)10-3-5-11(6-4-10)12-13-7-8-14-12/h5,9-10,12H,3-4,6-8H2,1-2H3. The van der Waals surface area contributed by atoms with Crippen molar-refractivity contribution in [2.75, 3.05) is 13.2 Å². The van der Waals surface area contributed by atoms with Crippen LogP contribution in [-0.4, -0.2) is 19.5 Å². The summed E-state index contributed by atoms with van der Waals surface area (Å²) in [5.74, 6) is 1.67. The second kappa shape index (κ2) is 4.45. The van der Waals surface area contributed by atoms with Crippen LogP contribution >= 0.6 is 0 Å². The van der Waals surface area contributed by atoms with E-state index in [1.54, 1.807) is 0 Å². The Kier molecular flexibility index (Phi) is 3.24. The number of ether oxygens (including phenoxy) is 2. The summed E-state index contributed by atoms with van der Waals surface area (Å²) in [4.78, 5) is 0. The van der Waals surface area contributed by atoms with E-state index in [2.05, 4.69) is 19.9 Å². The highest BCUT2D eigenvalue weighted by molar-refractivity contribution is 5.10. The minimum atomic E-state index is -0.0110. The third-order valence-corrected chi connectivity index (χ3v) is 3.35. The molecule has 0 bridgehead atoms. The van der Waals surface area contributed by atoms with Gasteiger partial charge in [0.1, 0.15) is 0 Å². The average Bonchev–Trinajstić information content (AvgIpc) is 2.71. The summed E-state index contributed by atoms with van der Waals surface area (Å²) in [6, 6.07) is 0. The molecule has 1 unspecified atom stereocenters. The first-order chi connectivity index (χ1) is 6.77. The van der Waals surface area contributed by atoms with Crippen molar-refractivity contribution >= 4 is 0 Å². The first-order valence-electron chi connectivity index (χ1n) is 5.69. The molecule has 1 heterocycles. The third-order valence-electron chi connectivity index (χ3n) is 3.35. The molecule has 0 aromatic rings. The summed E-state index contributed by atoms with van der Waals surface area (Å²) in [6.07, 6.45) is 5.99. The first-order valence-corrected chi connectivity index (χ1v) is 5.69. The molecule has 0 saturated carbocycles. The molecule has 14 heavy (non-hydrogen) atoms. The summed E-state index contributed by atoms with van der Waals surface area (Å²) in [5.41, 5.74) is 1.37. The van der Waals surface area contributed by atoms with Crippen LogP contribution < -0.4 is 0 Å². The van der Waals surface area contributed by atoms with Crippen LogP contribution in [-0.2, 0) is 9.47 Å². The van der Waals surface area contributed by atoms with E-state index in [0.29, 0.717) is 0 Å². The molecular weight excluding hydrogens is 176 g/mol. The van der Waals surface area contributed by atoms with Gasteiger partial charge < -0.3 is 9.47 Å². The predicted molar refractivity (Wildman–Crippen MR) is 56.0 cm³/mol. The molecule has 1 aliphatic heterocycles. The van der Waals surface area contributed by atoms with E-state index >= 15 is 0 Å². The van der Waals surface area contributed by atoms with Crippen molar-refractivity contribution in [3.63, 3.8) is 0 Å². The summed E-state index contributed by atoms with van der Waals surface area (Å²) >= 11 is 0. The SMILES string of the molecule is CC(C)C1CC=C(C2OCCO2)CC1. The minimum absolute atomic E-state index is 0.0110. The van der Waals surface area contributed by atoms with E-state index in [4.69, 9.17) is 9.47 Å². The molecule has 1 atom stereocenters. The van der Waals surface area contributed by atoms with Crippen LogP contribution in [0.5, 0.6) is 0 Å². The fraction of sp³-hybridized carbons (Fsp3) is 0.833. The number of hydrogen-bond acceptors (Lipinski definition) is 2. The van der Waals surface area contributed by atoms with Gasteiger partial charge in [-0.25, -0.2) is 0 Å². The number of hydrogen-bond donors (Lipinski definition) is 0. The molecule has 1 fully saturated rings. The lowest BCUT2D eigenvalue weighted by molar-refractivity contribution is -0.0155. The molecule has 0 radical (unpaired) electrons. The van der Waals surface area contributed by atoms with Gasteiger partial charge >= 0.3 is 0 Å². The van der Waals surface area contributed by atoms with Gasteiger partial charge in [0.2, 0.25) is 0 Å². The van der Waals surface area contributed by atoms with Gasteiger partial charge in [0.15, 0.2) is 6.29 Å². The lowest BCUT2D eigenvalue weighted by Crippen LogP contribution is -2.18. The van der Waals surface area contributed by atoms with Gasteiger partial charge in [0.05, 0.1) is 13.2 Å². The lowest BCUT2D eigenvalue weighted by Gasteiger charge is -2.26. The van der Waals surface area contributed by atoms with Gasteiger partial charge in [-0.1, -0.05) is 19.9 Å². The Bertz CT molecular complexity index is 214. The highest BCUT2D eigenvalue weighted by atomic mass is 16.7. The number of rotatable bonds is 2. The van der Waals surface area contributed by atoms with Crippen LogP contribution in [0.2, 0.25) is 0 Å². The molecular formula is C12H20O2. The zero-order valence-electron chi connectivity index (χ0n) is 9.16. The molecule has 2 nitrogen and oxygen atoms in total. The van der Waals surface area contributed by atoms with E-state index in [1.165, 1.54) is 18.4 Å². The second-order valence-electron chi connectivity index (χ2n) is 4.63. The third kappa shape index (κ3) is 2.18. The van der Waals surface area contributed by atoms with Gasteiger partial charge in [-0.2, -0.15) is 0 Å². The quantitative estimate of drug-likeness (QED) is 0.632. The van der Waals surface area contributed by atoms with Crippen molar-refractivity contribution in [2.24, 2.45) is 11.8 Å². The molecule has 0 amide bonds. The lowest BCUT2D eigenvalue weighted by atomic mass is 9.82. The normalized spacial score (nSPS) is 29.6. The van der Waals surface area contributed by atoms with Crippen LogP contribution in [0.25, 0.3) is 0 Å². The zero-order chi connectivity index (χ0) is 9.97. The molecule has 0 N–H and O–H groups in total. The van der Waals surface area contributed by atoms with Crippen molar-refractivity contribution in [3.05, 3.63) is 11.6 Å². The molecule has 2 rings (SSSR count). The Morgan fingerprint density at radius 2 is 2.00 bits per heavy atom. The molecule has 2 heteroatoms. The molecule has 0 aromatic heterocycles. The smallest absolute Gasteiger partial charge is 0.179 e. The first kappa shape index (κ1) is 10.2. The minimum Gasteiger partial charge on any atom is -0.346 e. The Hall–Kier alpha value is -0.340. The Labute approximate surface area is 86.3 Å². The number of allylic oxidation sites excluding steroid dienone is 1. The van der Waals surface area contributed by atoms with Crippen LogP contribution in [0.4, 0.5) is 0 Å². The largest absolute Gasteiger partial charge is 0.346 e. The van der Waals surface area contributed by atoms with Crippen molar-refractivity contribution in [1.29, 1.82) is 0 Å². The van der Waals surface area contributed by atoms with E-state index in [1.807, 2.05) is 0 Å². The summed E-state index contributed by atoms with van der Waals surface area (Å²) < 4.78 is 11.0. The summed E-state index contributed by atoms with van der Waals surface area (Å²) in [6.45, 7) is 6.14. The molecule has 1 aliphatic carbocycles. The van der Waals surface area contributed by atoms with E-state index in [9.17, 15) is 0 Å². The fourth-order valence-corrected chi connectivity index (χ4v) is 2.27. The Morgan fingerprint density at radius 3 is 2.50 bits per heavy atom. The van der Waals surface area contributed by atoms with Crippen LogP contribution in [0.15, 0.2) is 11.6 Å². The van der Waals surface area contributed by atoms with Gasteiger partial charge in [-0.15, -0.1) is 0 Å². The van der Waals surface area contributed by atoms with Crippen molar-refractivity contribution < 1.29 is 9.47 Å². The summed E-state index contributed by atoms with van der Waals surface area (Å²) in [7, 11) is 0. The summed E-state index contributed by atoms with van der Waals surface area (Å²) in [5, 5.41) is 0. The van der Waals surface area contributed by atoms with Gasteiger partial charge in [-0.3, -0.25) is 0 Å². The second-order valence-corrected chi connectivity index (χ2v) is 4.63. The maximum Gasteiger partial charge on any atom is 0.179 e. The monoisotopic (exact) mass is 196 g/mol. The maximum atomic E-state index is 5.50. The van der Waals surface area contributed by atoms with Gasteiger partial charge in [0.25, 0.3) is 0 Å².